The lowest BCUT2D eigenvalue weighted by atomic mass is 9.82. The second-order valence-corrected chi connectivity index (χ2v) is 6.29. The van der Waals surface area contributed by atoms with E-state index in [2.05, 4.69) is 34.6 Å². The number of hydrogen-bond donors (Lipinski definition) is 1. The Morgan fingerprint density at radius 2 is 1.53 bits per heavy atom. The molecule has 1 fully saturated rings. The summed E-state index contributed by atoms with van der Waals surface area (Å²) in [6.45, 7) is 14.2. The third-order valence-electron chi connectivity index (χ3n) is 4.36. The lowest BCUT2D eigenvalue weighted by Gasteiger charge is -2.24. The van der Waals surface area contributed by atoms with Gasteiger partial charge in [0.1, 0.15) is 6.79 Å². The molecule has 1 aliphatic rings. The Hall–Kier alpha value is -0.370. The standard InChI is InChI=1S/C9H18.C7H17N.CH2O/c1-8(2)9-6-4-3-5-7-9;1-4-7(5-8)6(2)3;1-2/h8-9H,3-7H2,1-2H3;6-7H,4-5,8H2,1-3H3;1H2. The molecule has 1 unspecified atom stereocenters. The van der Waals surface area contributed by atoms with Crippen molar-refractivity contribution in [1.29, 1.82) is 0 Å². The minimum Gasteiger partial charge on any atom is -0.330 e. The average molecular weight is 271 g/mol. The molecule has 0 aromatic rings. The second-order valence-electron chi connectivity index (χ2n) is 6.29. The minimum absolute atomic E-state index is 0.731. The van der Waals surface area contributed by atoms with Crippen molar-refractivity contribution in [2.45, 2.75) is 73.1 Å². The van der Waals surface area contributed by atoms with Crippen LogP contribution in [0.15, 0.2) is 0 Å². The highest BCUT2D eigenvalue weighted by molar-refractivity contribution is 5.10. The maximum Gasteiger partial charge on any atom is 0.106 e. The first-order chi connectivity index (χ1) is 9.02. The normalized spacial score (nSPS) is 17.3. The van der Waals surface area contributed by atoms with E-state index in [1.54, 1.807) is 0 Å². The van der Waals surface area contributed by atoms with E-state index in [0.717, 1.165) is 30.2 Å². The largest absolute Gasteiger partial charge is 0.330 e. The number of hydrogen-bond acceptors (Lipinski definition) is 2. The van der Waals surface area contributed by atoms with E-state index in [4.69, 9.17) is 10.5 Å². The third-order valence-corrected chi connectivity index (χ3v) is 4.36. The van der Waals surface area contributed by atoms with Crippen molar-refractivity contribution in [2.24, 2.45) is 29.4 Å². The molecule has 116 valence electrons. The van der Waals surface area contributed by atoms with Gasteiger partial charge in [-0.25, -0.2) is 0 Å². The number of carbonyl (C=O) groups is 1. The van der Waals surface area contributed by atoms with Gasteiger partial charge in [-0.1, -0.05) is 73.1 Å². The Morgan fingerprint density at radius 3 is 1.68 bits per heavy atom. The van der Waals surface area contributed by atoms with Crippen LogP contribution in [-0.4, -0.2) is 13.3 Å². The van der Waals surface area contributed by atoms with E-state index < -0.39 is 0 Å². The number of nitrogens with two attached hydrogens (primary N) is 1. The fourth-order valence-corrected chi connectivity index (χ4v) is 2.71. The molecule has 2 nitrogen and oxygen atoms in total. The molecule has 1 saturated carbocycles. The zero-order chi connectivity index (χ0) is 15.3. The molecule has 0 radical (unpaired) electrons. The molecule has 0 spiro atoms. The molecule has 1 atom stereocenters. The number of carbonyl (C=O) groups excluding carboxylic acids is 1. The third kappa shape index (κ3) is 11.2. The maximum atomic E-state index is 8.00. The lowest BCUT2D eigenvalue weighted by Crippen LogP contribution is -2.18. The van der Waals surface area contributed by atoms with Gasteiger partial charge in [-0.15, -0.1) is 0 Å². The van der Waals surface area contributed by atoms with Gasteiger partial charge in [-0.3, -0.25) is 0 Å². The van der Waals surface area contributed by atoms with Crippen LogP contribution in [0.3, 0.4) is 0 Å². The zero-order valence-electron chi connectivity index (χ0n) is 14.0. The van der Waals surface area contributed by atoms with E-state index in [0.29, 0.717) is 0 Å². The van der Waals surface area contributed by atoms with Gasteiger partial charge in [0.25, 0.3) is 0 Å². The molecule has 0 bridgehead atoms. The van der Waals surface area contributed by atoms with Crippen molar-refractivity contribution >= 4 is 6.79 Å². The van der Waals surface area contributed by atoms with Crippen molar-refractivity contribution in [1.82, 2.24) is 0 Å². The van der Waals surface area contributed by atoms with E-state index in [9.17, 15) is 0 Å². The predicted molar refractivity (Wildman–Crippen MR) is 86.2 cm³/mol. The van der Waals surface area contributed by atoms with Crippen LogP contribution in [0.25, 0.3) is 0 Å². The van der Waals surface area contributed by atoms with Gasteiger partial charge in [0.2, 0.25) is 0 Å². The van der Waals surface area contributed by atoms with Crippen molar-refractivity contribution in [3.63, 3.8) is 0 Å². The number of rotatable bonds is 4. The van der Waals surface area contributed by atoms with Gasteiger partial charge in [0, 0.05) is 0 Å². The van der Waals surface area contributed by atoms with Gasteiger partial charge in [0.05, 0.1) is 0 Å². The van der Waals surface area contributed by atoms with Crippen LogP contribution in [0.4, 0.5) is 0 Å². The van der Waals surface area contributed by atoms with Gasteiger partial charge in [0.15, 0.2) is 0 Å². The molecule has 0 heterocycles. The van der Waals surface area contributed by atoms with Crippen LogP contribution < -0.4 is 5.73 Å². The fourth-order valence-electron chi connectivity index (χ4n) is 2.71. The van der Waals surface area contributed by atoms with Crippen LogP contribution in [-0.2, 0) is 4.79 Å². The first-order valence-electron chi connectivity index (χ1n) is 8.01. The quantitative estimate of drug-likeness (QED) is 0.807. The summed E-state index contributed by atoms with van der Waals surface area (Å²) in [5.41, 5.74) is 5.48. The molecule has 0 aliphatic heterocycles. The highest BCUT2D eigenvalue weighted by Gasteiger charge is 2.15. The zero-order valence-corrected chi connectivity index (χ0v) is 14.0. The lowest BCUT2D eigenvalue weighted by molar-refractivity contribution is -0.0979. The molecule has 1 rings (SSSR count). The molecular weight excluding hydrogens is 234 g/mol. The monoisotopic (exact) mass is 271 g/mol. The van der Waals surface area contributed by atoms with Crippen LogP contribution in [0.5, 0.6) is 0 Å². The molecule has 19 heavy (non-hydrogen) atoms. The summed E-state index contributed by atoms with van der Waals surface area (Å²) in [6.07, 6.45) is 8.68. The smallest absolute Gasteiger partial charge is 0.106 e. The van der Waals surface area contributed by atoms with Crippen molar-refractivity contribution in [3.05, 3.63) is 0 Å². The highest BCUT2D eigenvalue weighted by Crippen LogP contribution is 2.29. The molecule has 2 N–H and O–H groups in total. The Kier molecular flexibility index (Phi) is 15.5. The summed E-state index contributed by atoms with van der Waals surface area (Å²) in [7, 11) is 0. The van der Waals surface area contributed by atoms with Gasteiger partial charge in [-0.2, -0.15) is 0 Å². The predicted octanol–water partition coefficient (Wildman–Crippen LogP) is 4.67. The van der Waals surface area contributed by atoms with Crippen molar-refractivity contribution < 1.29 is 4.79 Å². The summed E-state index contributed by atoms with van der Waals surface area (Å²) in [6, 6.07) is 0. The molecule has 0 saturated heterocycles. The molecular formula is C17H37NO. The molecule has 1 aliphatic carbocycles. The SMILES string of the molecule is C=O.CC(C)C1CCCCC1.CCC(CN)C(C)C. The van der Waals surface area contributed by atoms with Crippen LogP contribution in [0.2, 0.25) is 0 Å². The Morgan fingerprint density at radius 1 is 1.05 bits per heavy atom. The van der Waals surface area contributed by atoms with Crippen molar-refractivity contribution in [3.8, 4) is 0 Å². The Bertz CT molecular complexity index is 170. The molecule has 2 heteroatoms. The maximum absolute atomic E-state index is 8.00. The van der Waals surface area contributed by atoms with E-state index >= 15 is 0 Å². The van der Waals surface area contributed by atoms with E-state index in [-0.39, 0.29) is 0 Å². The topological polar surface area (TPSA) is 43.1 Å². The van der Waals surface area contributed by atoms with E-state index in [1.807, 2.05) is 6.79 Å². The van der Waals surface area contributed by atoms with Crippen molar-refractivity contribution in [2.75, 3.05) is 6.54 Å². The van der Waals surface area contributed by atoms with Gasteiger partial charge in [-0.05, 0) is 30.2 Å². The summed E-state index contributed by atoms with van der Waals surface area (Å²) >= 11 is 0. The van der Waals surface area contributed by atoms with Crippen LogP contribution in [0, 0.1) is 23.7 Å². The summed E-state index contributed by atoms with van der Waals surface area (Å²) < 4.78 is 0. The average Bonchev–Trinajstić information content (AvgIpc) is 2.43. The fraction of sp³-hybridized carbons (Fsp3) is 0.941. The van der Waals surface area contributed by atoms with Crippen LogP contribution >= 0.6 is 0 Å². The molecule has 0 aromatic heterocycles. The minimum atomic E-state index is 0.731. The van der Waals surface area contributed by atoms with Gasteiger partial charge >= 0.3 is 0 Å². The summed E-state index contributed by atoms with van der Waals surface area (Å²) in [4.78, 5) is 8.00. The Balaban J connectivity index is 0. The first-order valence-corrected chi connectivity index (χ1v) is 8.01. The first kappa shape index (κ1) is 20.9. The Labute approximate surface area is 121 Å². The highest BCUT2D eigenvalue weighted by atomic mass is 16.1. The van der Waals surface area contributed by atoms with E-state index in [1.165, 1.54) is 38.5 Å². The summed E-state index contributed by atoms with van der Waals surface area (Å²) in [5, 5.41) is 0. The van der Waals surface area contributed by atoms with Crippen LogP contribution in [0.1, 0.15) is 73.1 Å². The molecule has 0 aromatic carbocycles. The van der Waals surface area contributed by atoms with Gasteiger partial charge < -0.3 is 10.5 Å². The molecule has 0 amide bonds. The summed E-state index contributed by atoms with van der Waals surface area (Å²) in [5.74, 6) is 3.48. The second kappa shape index (κ2) is 14.0.